The molecule has 32 heavy (non-hydrogen) atoms. The zero-order valence-corrected chi connectivity index (χ0v) is 19.8. The van der Waals surface area contributed by atoms with Crippen LogP contribution in [0.2, 0.25) is 10.0 Å². The minimum absolute atomic E-state index is 0.103. The van der Waals surface area contributed by atoms with Gasteiger partial charge in [0.2, 0.25) is 10.0 Å². The monoisotopic (exact) mass is 494 g/mol. The molecule has 0 spiro atoms. The van der Waals surface area contributed by atoms with Gasteiger partial charge in [-0.05, 0) is 48.9 Å². The number of rotatable bonds is 10. The summed E-state index contributed by atoms with van der Waals surface area (Å²) in [6, 6.07) is 17.6. The van der Waals surface area contributed by atoms with Gasteiger partial charge in [0.25, 0.3) is 0 Å². The van der Waals surface area contributed by atoms with E-state index in [-0.39, 0.29) is 11.5 Å². The summed E-state index contributed by atoms with van der Waals surface area (Å²) in [4.78, 5) is 0.103. The second-order valence-electron chi connectivity index (χ2n) is 7.05. The van der Waals surface area contributed by atoms with E-state index in [1.54, 1.807) is 37.4 Å². The van der Waals surface area contributed by atoms with Crippen LogP contribution >= 0.6 is 23.2 Å². The van der Waals surface area contributed by atoms with Gasteiger partial charge in [0, 0.05) is 27.7 Å². The molecule has 0 unspecified atom stereocenters. The number of nitrogens with one attached hydrogen (secondary N) is 1. The van der Waals surface area contributed by atoms with Gasteiger partial charge in [-0.2, -0.15) is 0 Å². The summed E-state index contributed by atoms with van der Waals surface area (Å²) in [5, 5.41) is 9.59. The molecular formula is C23H24Cl2N2O4S. The molecule has 0 aromatic heterocycles. The average Bonchev–Trinajstić information content (AvgIpc) is 2.76. The first kappa shape index (κ1) is 24.4. The summed E-state index contributed by atoms with van der Waals surface area (Å²) in [6.07, 6.45) is 0.723. The van der Waals surface area contributed by atoms with Crippen molar-refractivity contribution >= 4 is 33.2 Å². The Balaban J connectivity index is 1.63. The third-order valence-electron chi connectivity index (χ3n) is 4.86. The van der Waals surface area contributed by atoms with Crippen LogP contribution < -0.4 is 19.9 Å². The van der Waals surface area contributed by atoms with Crippen LogP contribution in [0.5, 0.6) is 11.5 Å². The molecule has 3 aromatic rings. The van der Waals surface area contributed by atoms with E-state index >= 15 is 0 Å². The maximum Gasteiger partial charge on any atom is 0.238 e. The number of hydrogen-bond acceptors (Lipinski definition) is 5. The van der Waals surface area contributed by atoms with E-state index in [0.29, 0.717) is 40.2 Å². The third-order valence-corrected chi connectivity index (χ3v) is 6.50. The van der Waals surface area contributed by atoms with Gasteiger partial charge in [0.05, 0.1) is 12.0 Å². The van der Waals surface area contributed by atoms with Crippen LogP contribution in [0.1, 0.15) is 16.7 Å². The zero-order valence-electron chi connectivity index (χ0n) is 17.5. The van der Waals surface area contributed by atoms with Crippen molar-refractivity contribution in [2.75, 3.05) is 13.7 Å². The van der Waals surface area contributed by atoms with Crippen LogP contribution in [-0.4, -0.2) is 22.1 Å². The maximum absolute atomic E-state index is 11.4. The first-order chi connectivity index (χ1) is 15.3. The minimum atomic E-state index is -3.68. The molecule has 0 heterocycles. The van der Waals surface area contributed by atoms with Gasteiger partial charge in [0.1, 0.15) is 6.61 Å². The Labute approximate surface area is 198 Å². The van der Waals surface area contributed by atoms with Crippen LogP contribution in [0.25, 0.3) is 0 Å². The molecule has 3 rings (SSSR count). The number of sulfonamides is 1. The van der Waals surface area contributed by atoms with Crippen LogP contribution in [0.3, 0.4) is 0 Å². The smallest absolute Gasteiger partial charge is 0.238 e. The van der Waals surface area contributed by atoms with Gasteiger partial charge in [-0.3, -0.25) is 0 Å². The second-order valence-corrected chi connectivity index (χ2v) is 9.43. The van der Waals surface area contributed by atoms with Gasteiger partial charge in [0.15, 0.2) is 11.5 Å². The molecule has 0 fully saturated rings. The van der Waals surface area contributed by atoms with Crippen molar-refractivity contribution in [3.63, 3.8) is 0 Å². The highest BCUT2D eigenvalue weighted by molar-refractivity contribution is 7.89. The summed E-state index contributed by atoms with van der Waals surface area (Å²) in [5.41, 5.74) is 2.64. The van der Waals surface area contributed by atoms with Crippen molar-refractivity contribution in [3.05, 3.63) is 87.4 Å². The molecule has 0 bridgehead atoms. The highest BCUT2D eigenvalue weighted by atomic mass is 35.5. The molecule has 0 saturated carbocycles. The van der Waals surface area contributed by atoms with Crippen molar-refractivity contribution in [2.45, 2.75) is 24.5 Å². The Bertz CT molecular complexity index is 1150. The summed E-state index contributed by atoms with van der Waals surface area (Å²) in [6.45, 7) is 1.45. The fraction of sp³-hybridized carbons (Fsp3) is 0.217. The predicted molar refractivity (Wildman–Crippen MR) is 127 cm³/mol. The maximum atomic E-state index is 11.4. The Morgan fingerprint density at radius 2 is 1.62 bits per heavy atom. The highest BCUT2D eigenvalue weighted by Gasteiger charge is 2.13. The van der Waals surface area contributed by atoms with Crippen molar-refractivity contribution in [1.29, 1.82) is 0 Å². The van der Waals surface area contributed by atoms with Gasteiger partial charge >= 0.3 is 0 Å². The molecule has 0 aliphatic carbocycles. The minimum Gasteiger partial charge on any atom is -0.493 e. The summed E-state index contributed by atoms with van der Waals surface area (Å²) in [5.74, 6) is 1.24. The van der Waals surface area contributed by atoms with Crippen molar-refractivity contribution < 1.29 is 17.9 Å². The SMILES string of the molecule is COc1cccc(CNCCc2ccc(S(N)(=O)=O)cc2)c1OCc1c(Cl)cccc1Cl. The van der Waals surface area contributed by atoms with E-state index in [9.17, 15) is 8.42 Å². The molecule has 3 aromatic carbocycles. The lowest BCUT2D eigenvalue weighted by molar-refractivity contribution is 0.281. The van der Waals surface area contributed by atoms with E-state index in [2.05, 4.69) is 5.32 Å². The summed E-state index contributed by atoms with van der Waals surface area (Å²) in [7, 11) is -2.09. The molecule has 0 aliphatic heterocycles. The Morgan fingerprint density at radius 1 is 0.969 bits per heavy atom. The zero-order chi connectivity index (χ0) is 23.1. The number of hydrogen-bond donors (Lipinski definition) is 2. The fourth-order valence-electron chi connectivity index (χ4n) is 3.14. The number of benzene rings is 3. The number of halogens is 2. The second kappa shape index (κ2) is 11.0. The molecular weight excluding hydrogens is 471 g/mol. The fourth-order valence-corrected chi connectivity index (χ4v) is 4.16. The Morgan fingerprint density at radius 3 is 2.25 bits per heavy atom. The molecule has 0 saturated heterocycles. The largest absolute Gasteiger partial charge is 0.493 e. The number of para-hydroxylation sites is 1. The van der Waals surface area contributed by atoms with E-state index in [1.165, 1.54) is 12.1 Å². The van der Waals surface area contributed by atoms with Gasteiger partial charge < -0.3 is 14.8 Å². The molecule has 0 amide bonds. The van der Waals surface area contributed by atoms with Crippen LogP contribution in [-0.2, 0) is 29.6 Å². The number of primary sulfonamides is 1. The lowest BCUT2D eigenvalue weighted by Crippen LogP contribution is -2.18. The normalized spacial score (nSPS) is 11.4. The molecule has 0 atom stereocenters. The summed E-state index contributed by atoms with van der Waals surface area (Å²) >= 11 is 12.5. The van der Waals surface area contributed by atoms with E-state index in [4.69, 9.17) is 37.8 Å². The van der Waals surface area contributed by atoms with E-state index < -0.39 is 10.0 Å². The molecule has 3 N–H and O–H groups in total. The van der Waals surface area contributed by atoms with Crippen molar-refractivity contribution in [2.24, 2.45) is 5.14 Å². The average molecular weight is 495 g/mol. The lowest BCUT2D eigenvalue weighted by atomic mass is 10.1. The topological polar surface area (TPSA) is 90.6 Å². The number of methoxy groups -OCH3 is 1. The van der Waals surface area contributed by atoms with E-state index in [1.807, 2.05) is 18.2 Å². The van der Waals surface area contributed by atoms with Crippen molar-refractivity contribution in [1.82, 2.24) is 5.32 Å². The quantitative estimate of drug-likeness (QED) is 0.403. The Hall–Kier alpha value is -2.29. The van der Waals surface area contributed by atoms with Crippen LogP contribution in [0.15, 0.2) is 65.6 Å². The molecule has 6 nitrogen and oxygen atoms in total. The van der Waals surface area contributed by atoms with Crippen molar-refractivity contribution in [3.8, 4) is 11.5 Å². The van der Waals surface area contributed by atoms with Gasteiger partial charge in [-0.25, -0.2) is 13.6 Å². The van der Waals surface area contributed by atoms with Crippen LogP contribution in [0.4, 0.5) is 0 Å². The predicted octanol–water partition coefficient (Wildman–Crippen LogP) is 4.56. The number of nitrogens with two attached hydrogens (primary N) is 1. The lowest BCUT2D eigenvalue weighted by Gasteiger charge is -2.16. The molecule has 9 heteroatoms. The Kier molecular flexibility index (Phi) is 8.39. The molecule has 0 aliphatic rings. The van der Waals surface area contributed by atoms with Crippen LogP contribution in [0, 0.1) is 0 Å². The van der Waals surface area contributed by atoms with Gasteiger partial charge in [-0.1, -0.05) is 53.5 Å². The first-order valence-electron chi connectivity index (χ1n) is 9.83. The van der Waals surface area contributed by atoms with E-state index in [0.717, 1.165) is 17.5 Å². The third kappa shape index (κ3) is 6.37. The van der Waals surface area contributed by atoms with Gasteiger partial charge in [-0.15, -0.1) is 0 Å². The summed E-state index contributed by atoms with van der Waals surface area (Å²) < 4.78 is 34.2. The molecule has 0 radical (unpaired) electrons. The highest BCUT2D eigenvalue weighted by Crippen LogP contribution is 2.33. The first-order valence-corrected chi connectivity index (χ1v) is 12.1. The molecule has 170 valence electrons. The number of ether oxygens (including phenoxy) is 2. The standard InChI is InChI=1S/C23H24Cl2N2O4S/c1-30-22-7-2-4-17(23(22)31-15-19-20(24)5-3-6-21(19)25)14-27-13-12-16-8-10-18(11-9-16)32(26,28)29/h2-11,27H,12-15H2,1H3,(H2,26,28,29).